The first-order valence-electron chi connectivity index (χ1n) is 11.6. The molecular formula is C26H25F2N5O. The number of rotatable bonds is 5. The minimum Gasteiger partial charge on any atom is -0.327 e. The number of imidazole rings is 1. The predicted octanol–water partition coefficient (Wildman–Crippen LogP) is 5.19. The number of amides is 1. The molecule has 0 spiro atoms. The number of aryl methyl sites for hydroxylation is 1. The molecule has 2 aliphatic rings. The number of anilines is 1. The monoisotopic (exact) mass is 461 g/mol. The Hall–Kier alpha value is -3.55. The van der Waals surface area contributed by atoms with E-state index in [2.05, 4.69) is 15.4 Å². The molecule has 5 atom stereocenters. The molecule has 0 radical (unpaired) electrons. The molecule has 1 unspecified atom stereocenters. The third-order valence-electron chi connectivity index (χ3n) is 7.68. The van der Waals surface area contributed by atoms with Crippen LogP contribution in [0.1, 0.15) is 25.8 Å². The Bertz CT molecular complexity index is 1380. The molecule has 0 aliphatic heterocycles. The van der Waals surface area contributed by atoms with Gasteiger partial charge in [-0.2, -0.15) is 5.10 Å². The van der Waals surface area contributed by atoms with Gasteiger partial charge in [-0.05, 0) is 48.3 Å². The smallest absolute Gasteiger partial charge is 0.227 e. The van der Waals surface area contributed by atoms with Gasteiger partial charge in [0.15, 0.2) is 11.6 Å². The number of aromatic nitrogens is 4. The summed E-state index contributed by atoms with van der Waals surface area (Å²) < 4.78 is 31.0. The second-order valence-electron chi connectivity index (χ2n) is 9.70. The van der Waals surface area contributed by atoms with Gasteiger partial charge in [0.2, 0.25) is 5.91 Å². The highest BCUT2D eigenvalue weighted by atomic mass is 19.2. The molecule has 2 heterocycles. The van der Waals surface area contributed by atoms with E-state index in [1.54, 1.807) is 11.0 Å². The van der Waals surface area contributed by atoms with Crippen molar-refractivity contribution in [3.8, 4) is 11.1 Å². The van der Waals surface area contributed by atoms with Crippen LogP contribution in [0.4, 0.5) is 14.5 Å². The van der Waals surface area contributed by atoms with Crippen molar-refractivity contribution < 1.29 is 13.6 Å². The van der Waals surface area contributed by atoms with Crippen LogP contribution in [0.2, 0.25) is 0 Å². The van der Waals surface area contributed by atoms with E-state index in [9.17, 15) is 13.6 Å². The van der Waals surface area contributed by atoms with Crippen LogP contribution in [0.5, 0.6) is 0 Å². The van der Waals surface area contributed by atoms with Gasteiger partial charge in [-0.3, -0.25) is 9.48 Å². The molecule has 2 saturated carbocycles. The van der Waals surface area contributed by atoms with E-state index in [0.717, 1.165) is 35.7 Å². The predicted molar refractivity (Wildman–Crippen MR) is 125 cm³/mol. The van der Waals surface area contributed by atoms with Crippen LogP contribution in [0.3, 0.4) is 0 Å². The van der Waals surface area contributed by atoms with Crippen molar-refractivity contribution in [2.45, 2.75) is 25.8 Å². The molecule has 6 rings (SSSR count). The lowest BCUT2D eigenvalue weighted by molar-refractivity contribution is -0.120. The molecule has 2 fully saturated rings. The Morgan fingerprint density at radius 2 is 1.79 bits per heavy atom. The zero-order chi connectivity index (χ0) is 23.6. The molecule has 1 amide bonds. The van der Waals surface area contributed by atoms with Crippen LogP contribution in [-0.2, 0) is 11.8 Å². The number of hydrogen-bond acceptors (Lipinski definition) is 3. The highest BCUT2D eigenvalue weighted by Crippen LogP contribution is 2.64. The van der Waals surface area contributed by atoms with Crippen molar-refractivity contribution in [1.29, 1.82) is 0 Å². The molecule has 34 heavy (non-hydrogen) atoms. The SMILES string of the molecule is C[C@H](C(=O)Nc1ccc(-c2cnn(C)c2)cc1)[C@@H]1[C@@H]2CC(n3cnc4cc(F)c(F)cc43)C[C@@H]21. The van der Waals surface area contributed by atoms with Crippen LogP contribution in [0, 0.1) is 35.3 Å². The largest absolute Gasteiger partial charge is 0.327 e. The Labute approximate surface area is 195 Å². The van der Waals surface area contributed by atoms with Gasteiger partial charge in [-0.1, -0.05) is 19.1 Å². The van der Waals surface area contributed by atoms with Gasteiger partial charge < -0.3 is 9.88 Å². The second-order valence-corrected chi connectivity index (χ2v) is 9.70. The van der Waals surface area contributed by atoms with Crippen molar-refractivity contribution in [2.75, 3.05) is 5.32 Å². The number of nitrogens with one attached hydrogen (secondary N) is 1. The number of benzene rings is 2. The first kappa shape index (κ1) is 21.0. The quantitative estimate of drug-likeness (QED) is 0.445. The van der Waals surface area contributed by atoms with Crippen molar-refractivity contribution in [3.05, 3.63) is 66.8 Å². The summed E-state index contributed by atoms with van der Waals surface area (Å²) in [7, 11) is 1.88. The maximum Gasteiger partial charge on any atom is 0.227 e. The van der Waals surface area contributed by atoms with Gasteiger partial charge in [0, 0.05) is 48.6 Å². The summed E-state index contributed by atoms with van der Waals surface area (Å²) in [5, 5.41) is 7.25. The fourth-order valence-electron chi connectivity index (χ4n) is 5.89. The minimum atomic E-state index is -0.876. The number of hydrogen-bond donors (Lipinski definition) is 1. The fourth-order valence-corrected chi connectivity index (χ4v) is 5.89. The number of carbonyl (C=O) groups is 1. The van der Waals surface area contributed by atoms with Gasteiger partial charge in [0.05, 0.1) is 23.6 Å². The van der Waals surface area contributed by atoms with Crippen molar-refractivity contribution in [1.82, 2.24) is 19.3 Å². The first-order valence-corrected chi connectivity index (χ1v) is 11.6. The minimum absolute atomic E-state index is 0.0377. The van der Waals surface area contributed by atoms with Crippen LogP contribution in [-0.4, -0.2) is 25.2 Å². The Kier molecular flexibility index (Phi) is 4.79. The van der Waals surface area contributed by atoms with E-state index in [0.29, 0.717) is 28.8 Å². The van der Waals surface area contributed by atoms with Crippen LogP contribution < -0.4 is 5.32 Å². The zero-order valence-corrected chi connectivity index (χ0v) is 19.0. The second kappa shape index (κ2) is 7.75. The molecular weight excluding hydrogens is 436 g/mol. The third kappa shape index (κ3) is 3.48. The third-order valence-corrected chi connectivity index (χ3v) is 7.68. The molecule has 4 aromatic rings. The normalized spacial score (nSPS) is 24.2. The molecule has 1 N–H and O–H groups in total. The number of carbonyl (C=O) groups excluding carboxylic acids is 1. The van der Waals surface area contributed by atoms with E-state index in [1.807, 2.05) is 55.2 Å². The summed E-state index contributed by atoms with van der Waals surface area (Å²) in [4.78, 5) is 17.2. The van der Waals surface area contributed by atoms with E-state index in [4.69, 9.17) is 0 Å². The highest BCUT2D eigenvalue weighted by Gasteiger charge is 2.59. The van der Waals surface area contributed by atoms with E-state index >= 15 is 0 Å². The lowest BCUT2D eigenvalue weighted by Gasteiger charge is -2.20. The number of fused-ring (bicyclic) bond motifs is 2. The zero-order valence-electron chi connectivity index (χ0n) is 19.0. The summed E-state index contributed by atoms with van der Waals surface area (Å²) in [6, 6.07) is 10.4. The van der Waals surface area contributed by atoms with Gasteiger partial charge >= 0.3 is 0 Å². The average Bonchev–Trinajstić information content (AvgIpc) is 3.21. The molecule has 2 aliphatic carbocycles. The summed E-state index contributed by atoms with van der Waals surface area (Å²) >= 11 is 0. The van der Waals surface area contributed by atoms with Gasteiger partial charge in [-0.15, -0.1) is 0 Å². The molecule has 2 aromatic heterocycles. The van der Waals surface area contributed by atoms with Crippen LogP contribution in [0.25, 0.3) is 22.2 Å². The van der Waals surface area contributed by atoms with Gasteiger partial charge in [-0.25, -0.2) is 13.8 Å². The van der Waals surface area contributed by atoms with Crippen LogP contribution in [0.15, 0.2) is 55.1 Å². The van der Waals surface area contributed by atoms with Gasteiger partial charge in [0.1, 0.15) is 0 Å². The lowest BCUT2D eigenvalue weighted by atomic mass is 9.96. The van der Waals surface area contributed by atoms with E-state index in [1.165, 1.54) is 6.07 Å². The molecule has 8 heteroatoms. The van der Waals surface area contributed by atoms with Crippen molar-refractivity contribution >= 4 is 22.6 Å². The Balaban J connectivity index is 1.08. The first-order chi connectivity index (χ1) is 16.4. The number of halogens is 2. The molecule has 174 valence electrons. The molecule has 0 bridgehead atoms. The highest BCUT2D eigenvalue weighted by molar-refractivity contribution is 5.93. The van der Waals surface area contributed by atoms with E-state index < -0.39 is 11.6 Å². The summed E-state index contributed by atoms with van der Waals surface area (Å²) in [6.07, 6.45) is 7.31. The van der Waals surface area contributed by atoms with Gasteiger partial charge in [0.25, 0.3) is 0 Å². The number of nitrogens with zero attached hydrogens (tertiary/aromatic N) is 4. The average molecular weight is 462 g/mol. The maximum absolute atomic E-state index is 13.8. The van der Waals surface area contributed by atoms with Crippen LogP contribution >= 0.6 is 0 Å². The lowest BCUT2D eigenvalue weighted by Crippen LogP contribution is -2.24. The topological polar surface area (TPSA) is 64.7 Å². The summed E-state index contributed by atoms with van der Waals surface area (Å²) in [5.41, 5.74) is 3.97. The van der Waals surface area contributed by atoms with Crippen molar-refractivity contribution in [2.24, 2.45) is 30.7 Å². The van der Waals surface area contributed by atoms with E-state index in [-0.39, 0.29) is 17.9 Å². The maximum atomic E-state index is 13.8. The fraction of sp³-hybridized carbons (Fsp3) is 0.346. The molecule has 2 aromatic carbocycles. The molecule has 0 saturated heterocycles. The summed E-state index contributed by atoms with van der Waals surface area (Å²) in [5.74, 6) is -0.471. The Morgan fingerprint density at radius 3 is 2.47 bits per heavy atom. The molecule has 6 nitrogen and oxygen atoms in total. The Morgan fingerprint density at radius 1 is 1.09 bits per heavy atom. The summed E-state index contributed by atoms with van der Waals surface area (Å²) in [6.45, 7) is 2.00. The standard InChI is InChI=1S/C26H25F2N5O/c1-14(26(34)31-17-5-3-15(4-6-17)16-11-30-32(2)12-16)25-19-7-18(8-20(19)25)33-13-29-23-9-21(27)22(28)10-24(23)33/h3-6,9-14,18-20,25H,7-8H2,1-2H3,(H,31,34)/t14-,18?,19-,20+,25-/m0/s1. The van der Waals surface area contributed by atoms with Crippen molar-refractivity contribution in [3.63, 3.8) is 0 Å².